The Morgan fingerprint density at radius 1 is 1.29 bits per heavy atom. The summed E-state index contributed by atoms with van der Waals surface area (Å²) in [4.78, 5) is 34.9. The van der Waals surface area contributed by atoms with Gasteiger partial charge in [0.1, 0.15) is 30.6 Å². The molecule has 0 spiro atoms. The van der Waals surface area contributed by atoms with Crippen molar-refractivity contribution < 1.29 is 32.2 Å². The summed E-state index contributed by atoms with van der Waals surface area (Å²) in [6, 6.07) is 4.71. The van der Waals surface area contributed by atoms with Gasteiger partial charge < -0.3 is 25.4 Å². The fraction of sp³-hybridized carbons (Fsp3) is 0.333. The van der Waals surface area contributed by atoms with Gasteiger partial charge in [0.15, 0.2) is 23.1 Å². The van der Waals surface area contributed by atoms with Crippen LogP contribution in [0, 0.1) is 18.6 Å². The topological polar surface area (TPSA) is 120 Å². The summed E-state index contributed by atoms with van der Waals surface area (Å²) in [6.45, 7) is 8.96. The number of likely N-dealkylation sites (tertiary alicyclic amines) is 1. The highest BCUT2D eigenvalue weighted by molar-refractivity contribution is 6.05. The lowest BCUT2D eigenvalue weighted by atomic mass is 9.86. The molecule has 3 N–H and O–H groups in total. The number of carbonyl (C=O) groups is 2. The van der Waals surface area contributed by atoms with Crippen LogP contribution in [0.5, 0.6) is 11.5 Å². The summed E-state index contributed by atoms with van der Waals surface area (Å²) in [5.74, 6) is -2.77. The van der Waals surface area contributed by atoms with Gasteiger partial charge in [-0.05, 0) is 36.8 Å². The molecule has 0 aliphatic carbocycles. The van der Waals surface area contributed by atoms with Gasteiger partial charge in [-0.1, -0.05) is 26.5 Å². The number of rotatable bonds is 7. The first-order valence-electron chi connectivity index (χ1n) is 13.3. The molecule has 2 aliphatic rings. The Labute approximate surface area is 240 Å². The highest BCUT2D eigenvalue weighted by atomic mass is 19.1. The number of fused-ring (bicyclic) bond motifs is 1. The zero-order chi connectivity index (χ0) is 30.3. The minimum atomic E-state index is -1.23. The van der Waals surface area contributed by atoms with Crippen LogP contribution in [-0.4, -0.2) is 58.7 Å². The second kappa shape index (κ2) is 11.0. The van der Waals surface area contributed by atoms with Crippen molar-refractivity contribution in [3.8, 4) is 22.8 Å². The van der Waals surface area contributed by atoms with Crippen LogP contribution in [0.3, 0.4) is 0 Å². The third-order valence-corrected chi connectivity index (χ3v) is 7.60. The van der Waals surface area contributed by atoms with Crippen LogP contribution in [0.2, 0.25) is 0 Å². The fourth-order valence-corrected chi connectivity index (χ4v) is 5.29. The van der Waals surface area contributed by atoms with Crippen molar-refractivity contribution >= 4 is 23.3 Å². The van der Waals surface area contributed by atoms with Crippen LogP contribution in [0.25, 0.3) is 11.3 Å². The monoisotopic (exact) mass is 581 g/mol. The number of aromatic nitrogens is 2. The van der Waals surface area contributed by atoms with E-state index in [4.69, 9.17) is 15.2 Å². The van der Waals surface area contributed by atoms with E-state index in [0.717, 1.165) is 12.1 Å². The maximum absolute atomic E-state index is 15.3. The molecule has 0 radical (unpaired) electrons. The largest absolute Gasteiger partial charge is 0.489 e. The van der Waals surface area contributed by atoms with Crippen molar-refractivity contribution in [1.82, 2.24) is 14.9 Å². The Hall–Kier alpha value is -4.61. The molecule has 3 heterocycles. The molecule has 5 rings (SSSR count). The Morgan fingerprint density at radius 2 is 2.05 bits per heavy atom. The van der Waals surface area contributed by atoms with Crippen molar-refractivity contribution in [2.45, 2.75) is 44.8 Å². The van der Waals surface area contributed by atoms with Gasteiger partial charge in [0, 0.05) is 28.7 Å². The zero-order valence-corrected chi connectivity index (χ0v) is 23.3. The van der Waals surface area contributed by atoms with Crippen LogP contribution < -0.4 is 20.5 Å². The number of benzene rings is 2. The van der Waals surface area contributed by atoms with Crippen LogP contribution in [0.15, 0.2) is 43.2 Å². The van der Waals surface area contributed by atoms with E-state index < -0.39 is 41.1 Å². The Kier molecular flexibility index (Phi) is 7.56. The minimum absolute atomic E-state index is 0.00113. The second-order valence-electron chi connectivity index (χ2n) is 11.0. The SMILES string of the molecule is C=CC(=O)N1C[C@H](F)C[C@H]1COc1c(N)ncnc1-c1cc(F)cc(NC(=O)c2ccc3c(c2F)OCC3(C)C)c1C. The summed E-state index contributed by atoms with van der Waals surface area (Å²) in [5, 5.41) is 2.59. The number of nitrogens with zero attached hydrogens (tertiary/aromatic N) is 3. The van der Waals surface area contributed by atoms with Crippen molar-refractivity contribution in [2.75, 3.05) is 30.8 Å². The lowest BCUT2D eigenvalue weighted by Crippen LogP contribution is -2.38. The summed E-state index contributed by atoms with van der Waals surface area (Å²) in [6.07, 6.45) is 1.10. The number of alkyl halides is 1. The van der Waals surface area contributed by atoms with E-state index in [1.54, 1.807) is 13.0 Å². The molecule has 0 bridgehead atoms. The van der Waals surface area contributed by atoms with E-state index in [0.29, 0.717) is 11.1 Å². The zero-order valence-electron chi connectivity index (χ0n) is 23.3. The van der Waals surface area contributed by atoms with Gasteiger partial charge in [-0.2, -0.15) is 0 Å². The van der Waals surface area contributed by atoms with Gasteiger partial charge >= 0.3 is 0 Å². The number of ether oxygens (including phenoxy) is 2. The number of carbonyl (C=O) groups excluding carboxylic acids is 2. The predicted molar refractivity (Wildman–Crippen MR) is 150 cm³/mol. The number of nitrogens with one attached hydrogen (secondary N) is 1. The van der Waals surface area contributed by atoms with Crippen molar-refractivity contribution in [1.29, 1.82) is 0 Å². The normalized spacial score (nSPS) is 18.8. The van der Waals surface area contributed by atoms with Crippen LogP contribution in [0.1, 0.15) is 41.8 Å². The van der Waals surface area contributed by atoms with Crippen LogP contribution in [-0.2, 0) is 10.2 Å². The van der Waals surface area contributed by atoms with E-state index in [1.165, 1.54) is 23.4 Å². The number of halogens is 3. The molecule has 2 aliphatic heterocycles. The maximum atomic E-state index is 15.3. The molecule has 42 heavy (non-hydrogen) atoms. The first kappa shape index (κ1) is 28.9. The Bertz CT molecular complexity index is 1600. The van der Waals surface area contributed by atoms with Gasteiger partial charge in [0.2, 0.25) is 5.91 Å². The lowest BCUT2D eigenvalue weighted by Gasteiger charge is -2.24. The molecule has 12 heteroatoms. The standard InChI is InChI=1S/C30H30F3N5O4/c1-5-23(39)38-11-17(32)8-18(38)12-41-27-25(35-14-36-28(27)34)20-9-16(31)10-22(15(20)2)37-29(40)19-6-7-21-26(24(19)33)42-13-30(21,3)4/h5-7,9-10,14,17-18H,1,8,11-13H2,2-4H3,(H,37,40)(H2,34,35,36)/t17-,18+/m1/s1. The second-order valence-corrected chi connectivity index (χ2v) is 11.0. The van der Waals surface area contributed by atoms with E-state index in [2.05, 4.69) is 21.9 Å². The molecule has 1 fully saturated rings. The number of anilines is 2. The van der Waals surface area contributed by atoms with Gasteiger partial charge in [-0.25, -0.2) is 23.1 Å². The first-order chi connectivity index (χ1) is 19.9. The van der Waals surface area contributed by atoms with Crippen molar-refractivity contribution in [3.63, 3.8) is 0 Å². The van der Waals surface area contributed by atoms with Gasteiger partial charge in [-0.3, -0.25) is 9.59 Å². The predicted octanol–water partition coefficient (Wildman–Crippen LogP) is 4.74. The van der Waals surface area contributed by atoms with E-state index in [1.807, 2.05) is 13.8 Å². The average Bonchev–Trinajstić information content (AvgIpc) is 3.48. The number of hydrogen-bond donors (Lipinski definition) is 2. The summed E-state index contributed by atoms with van der Waals surface area (Å²) < 4.78 is 55.8. The molecule has 2 atom stereocenters. The number of hydrogen-bond acceptors (Lipinski definition) is 7. The average molecular weight is 582 g/mol. The van der Waals surface area contributed by atoms with Crippen LogP contribution >= 0.6 is 0 Å². The first-order valence-corrected chi connectivity index (χ1v) is 13.3. The highest BCUT2D eigenvalue weighted by Crippen LogP contribution is 2.42. The third-order valence-electron chi connectivity index (χ3n) is 7.60. The van der Waals surface area contributed by atoms with Crippen LogP contribution in [0.4, 0.5) is 24.7 Å². The molecule has 1 aromatic heterocycles. The number of nitrogen functional groups attached to an aromatic ring is 1. The van der Waals surface area contributed by atoms with Gasteiger partial charge in [0.25, 0.3) is 5.91 Å². The van der Waals surface area contributed by atoms with Gasteiger partial charge in [-0.15, -0.1) is 0 Å². The molecule has 1 saturated heterocycles. The summed E-state index contributed by atoms with van der Waals surface area (Å²) in [7, 11) is 0. The van der Waals surface area contributed by atoms with E-state index in [-0.39, 0.29) is 66.0 Å². The quantitative estimate of drug-likeness (QED) is 0.387. The molecule has 0 saturated carbocycles. The Morgan fingerprint density at radius 3 is 2.79 bits per heavy atom. The molecule has 2 amide bonds. The lowest BCUT2D eigenvalue weighted by molar-refractivity contribution is -0.127. The van der Waals surface area contributed by atoms with Crippen molar-refractivity contribution in [2.24, 2.45) is 0 Å². The Balaban J connectivity index is 1.44. The molecular formula is C30H30F3N5O4. The van der Waals surface area contributed by atoms with E-state index >= 15 is 4.39 Å². The number of nitrogens with two attached hydrogens (primary N) is 1. The van der Waals surface area contributed by atoms with E-state index in [9.17, 15) is 18.4 Å². The molecule has 9 nitrogen and oxygen atoms in total. The maximum Gasteiger partial charge on any atom is 0.258 e. The molecule has 2 aromatic carbocycles. The smallest absolute Gasteiger partial charge is 0.258 e. The van der Waals surface area contributed by atoms with Crippen molar-refractivity contribution in [3.05, 3.63) is 71.6 Å². The minimum Gasteiger partial charge on any atom is -0.489 e. The highest BCUT2D eigenvalue weighted by Gasteiger charge is 2.36. The molecule has 0 unspecified atom stereocenters. The number of amides is 2. The summed E-state index contributed by atoms with van der Waals surface area (Å²) in [5.41, 5.74) is 6.89. The molecule has 220 valence electrons. The van der Waals surface area contributed by atoms with Gasteiger partial charge in [0.05, 0.1) is 24.8 Å². The summed E-state index contributed by atoms with van der Waals surface area (Å²) >= 11 is 0. The fourth-order valence-electron chi connectivity index (χ4n) is 5.29. The molecular weight excluding hydrogens is 551 g/mol. The molecule has 3 aromatic rings. The third kappa shape index (κ3) is 5.24.